The Labute approximate surface area is 371 Å². The molecule has 0 saturated heterocycles. The second-order valence-corrected chi connectivity index (χ2v) is 14.5. The predicted molar refractivity (Wildman–Crippen MR) is 260 cm³/mol. The molecule has 0 radical (unpaired) electrons. The van der Waals surface area contributed by atoms with Crippen LogP contribution in [-0.2, 0) is 28.6 Å². The van der Waals surface area contributed by atoms with Gasteiger partial charge in [-0.15, -0.1) is 0 Å². The molecular formula is C55H80O6. The smallest absolute Gasteiger partial charge is 0.306 e. The molecule has 61 heavy (non-hydrogen) atoms. The van der Waals surface area contributed by atoms with Gasteiger partial charge < -0.3 is 14.2 Å². The monoisotopic (exact) mass is 837 g/mol. The Balaban J connectivity index is 4.63. The Morgan fingerprint density at radius 3 is 1.11 bits per heavy atom. The molecule has 0 bridgehead atoms. The van der Waals surface area contributed by atoms with Crippen LogP contribution < -0.4 is 0 Å². The van der Waals surface area contributed by atoms with E-state index in [9.17, 15) is 14.4 Å². The SMILES string of the molecule is CC\C=C/C=C\C=C/C=C\C=C/CCCC(=O)OC(COC(=O)CCCCC\C=C/C=C\C=C\C=C/C=C\C=C/C=C\CC)COC(=O)CCCCCCC/C=C\CCCC. The molecule has 6 nitrogen and oxygen atoms in total. The van der Waals surface area contributed by atoms with Crippen molar-refractivity contribution in [3.05, 3.63) is 158 Å². The number of rotatable bonds is 38. The summed E-state index contributed by atoms with van der Waals surface area (Å²) < 4.78 is 16.6. The lowest BCUT2D eigenvalue weighted by molar-refractivity contribution is -0.167. The highest BCUT2D eigenvalue weighted by Gasteiger charge is 2.19. The molecule has 1 atom stereocenters. The molecule has 0 aliphatic heterocycles. The minimum Gasteiger partial charge on any atom is -0.462 e. The van der Waals surface area contributed by atoms with Crippen molar-refractivity contribution in [1.82, 2.24) is 0 Å². The zero-order chi connectivity index (χ0) is 44.4. The summed E-state index contributed by atoms with van der Waals surface area (Å²) >= 11 is 0. The lowest BCUT2D eigenvalue weighted by Gasteiger charge is -2.18. The van der Waals surface area contributed by atoms with Crippen LogP contribution in [0.4, 0.5) is 0 Å². The second kappa shape index (κ2) is 47.7. The first kappa shape index (κ1) is 56.0. The van der Waals surface area contributed by atoms with Crippen LogP contribution in [0.3, 0.4) is 0 Å². The van der Waals surface area contributed by atoms with Crippen molar-refractivity contribution >= 4 is 17.9 Å². The first-order valence-electron chi connectivity index (χ1n) is 23.2. The number of unbranched alkanes of at least 4 members (excludes halogenated alkanes) is 11. The molecule has 0 aromatic carbocycles. The first-order valence-corrected chi connectivity index (χ1v) is 23.2. The summed E-state index contributed by atoms with van der Waals surface area (Å²) in [7, 11) is 0. The van der Waals surface area contributed by atoms with Crippen LogP contribution in [0.15, 0.2) is 158 Å². The van der Waals surface area contributed by atoms with E-state index in [4.69, 9.17) is 14.2 Å². The van der Waals surface area contributed by atoms with Gasteiger partial charge in [0, 0.05) is 19.3 Å². The summed E-state index contributed by atoms with van der Waals surface area (Å²) in [4.78, 5) is 37.8. The van der Waals surface area contributed by atoms with Gasteiger partial charge >= 0.3 is 17.9 Å². The van der Waals surface area contributed by atoms with Crippen molar-refractivity contribution in [3.8, 4) is 0 Å². The molecule has 0 N–H and O–H groups in total. The second-order valence-electron chi connectivity index (χ2n) is 14.5. The number of carbonyl (C=O) groups is 3. The average Bonchev–Trinajstić information content (AvgIpc) is 3.26. The third kappa shape index (κ3) is 46.0. The van der Waals surface area contributed by atoms with Crippen LogP contribution in [-0.4, -0.2) is 37.2 Å². The van der Waals surface area contributed by atoms with Crippen LogP contribution in [0, 0.1) is 0 Å². The van der Waals surface area contributed by atoms with Crippen LogP contribution in [0.5, 0.6) is 0 Å². The lowest BCUT2D eigenvalue weighted by atomic mass is 10.1. The Kier molecular flexibility index (Phi) is 43.8. The number of hydrogen-bond donors (Lipinski definition) is 0. The number of ether oxygens (including phenoxy) is 3. The minimum atomic E-state index is -0.844. The molecule has 0 heterocycles. The molecular weight excluding hydrogens is 757 g/mol. The van der Waals surface area contributed by atoms with Crippen molar-refractivity contribution in [3.63, 3.8) is 0 Å². The van der Waals surface area contributed by atoms with E-state index in [0.717, 1.165) is 70.6 Å². The van der Waals surface area contributed by atoms with Gasteiger partial charge in [0.15, 0.2) is 6.10 Å². The van der Waals surface area contributed by atoms with Crippen molar-refractivity contribution in [1.29, 1.82) is 0 Å². The minimum absolute atomic E-state index is 0.135. The average molecular weight is 837 g/mol. The van der Waals surface area contributed by atoms with Crippen molar-refractivity contribution in [2.75, 3.05) is 13.2 Å². The summed E-state index contributed by atoms with van der Waals surface area (Å²) in [6.07, 6.45) is 69.4. The maximum absolute atomic E-state index is 12.7. The molecule has 0 aliphatic carbocycles. The summed E-state index contributed by atoms with van der Waals surface area (Å²) in [6.45, 7) is 6.15. The zero-order valence-corrected chi connectivity index (χ0v) is 38.1. The highest BCUT2D eigenvalue weighted by Crippen LogP contribution is 2.11. The molecule has 0 aromatic rings. The molecule has 1 unspecified atom stereocenters. The van der Waals surface area contributed by atoms with Crippen molar-refractivity contribution in [2.24, 2.45) is 0 Å². The standard InChI is InChI=1S/C55H80O6/c1-4-7-10-13-16-19-22-24-25-26-27-28-29-31-33-36-39-42-45-48-54(57)60-51-52(50-59-53(56)47-44-41-38-35-32-21-18-15-12-9-6-3)61-55(58)49-46-43-40-37-34-30-23-20-17-14-11-8-5-2/h7-8,10-11,13-20,22-31,33-34,37,40,52H,4-6,9,12,21,32,35-36,38-39,41-51H2,1-3H3/b10-7-,11-8-,16-13-,17-14-,18-15-,22-19-,23-20-,25-24-,27-26+,29-28-,33-31-,34-30-,40-37-. The van der Waals surface area contributed by atoms with Gasteiger partial charge in [-0.3, -0.25) is 14.4 Å². The van der Waals surface area contributed by atoms with Gasteiger partial charge in [-0.25, -0.2) is 0 Å². The molecule has 6 heteroatoms. The van der Waals surface area contributed by atoms with Gasteiger partial charge in [-0.1, -0.05) is 217 Å². The maximum atomic E-state index is 12.7. The fraction of sp³-hybridized carbons (Fsp3) is 0.473. The highest BCUT2D eigenvalue weighted by atomic mass is 16.6. The normalized spacial score (nSPS) is 13.6. The fourth-order valence-corrected chi connectivity index (χ4v) is 5.37. The van der Waals surface area contributed by atoms with E-state index in [1.807, 2.05) is 128 Å². The van der Waals surface area contributed by atoms with Crippen LogP contribution in [0.1, 0.15) is 149 Å². The molecule has 0 aromatic heterocycles. The van der Waals surface area contributed by atoms with Gasteiger partial charge in [0.1, 0.15) is 13.2 Å². The van der Waals surface area contributed by atoms with E-state index >= 15 is 0 Å². The molecule has 0 fully saturated rings. The van der Waals surface area contributed by atoms with Gasteiger partial charge in [0.2, 0.25) is 0 Å². The summed E-state index contributed by atoms with van der Waals surface area (Å²) in [5.41, 5.74) is 0. The lowest BCUT2D eigenvalue weighted by Crippen LogP contribution is -2.30. The molecule has 336 valence electrons. The zero-order valence-electron chi connectivity index (χ0n) is 38.1. The maximum Gasteiger partial charge on any atom is 0.306 e. The van der Waals surface area contributed by atoms with Gasteiger partial charge in [0.25, 0.3) is 0 Å². The van der Waals surface area contributed by atoms with E-state index in [-0.39, 0.29) is 38.0 Å². The Morgan fingerprint density at radius 1 is 0.344 bits per heavy atom. The highest BCUT2D eigenvalue weighted by molar-refractivity contribution is 5.71. The molecule has 0 saturated carbocycles. The summed E-state index contributed by atoms with van der Waals surface area (Å²) in [5, 5.41) is 0. The van der Waals surface area contributed by atoms with Crippen molar-refractivity contribution < 1.29 is 28.6 Å². The molecule has 0 spiro atoms. The third-order valence-electron chi connectivity index (χ3n) is 8.82. The largest absolute Gasteiger partial charge is 0.462 e. The summed E-state index contributed by atoms with van der Waals surface area (Å²) in [5.74, 6) is -1.09. The van der Waals surface area contributed by atoms with E-state index in [1.165, 1.54) is 19.3 Å². The Morgan fingerprint density at radius 2 is 0.672 bits per heavy atom. The predicted octanol–water partition coefficient (Wildman–Crippen LogP) is 15.1. The first-order chi connectivity index (χ1) is 30.0. The Bertz CT molecular complexity index is 1470. The van der Waals surface area contributed by atoms with E-state index < -0.39 is 12.1 Å². The van der Waals surface area contributed by atoms with Crippen LogP contribution in [0.2, 0.25) is 0 Å². The number of allylic oxidation sites excluding steroid dienone is 26. The van der Waals surface area contributed by atoms with Crippen LogP contribution >= 0.6 is 0 Å². The molecule has 0 aliphatic rings. The number of esters is 3. The number of hydrogen-bond acceptors (Lipinski definition) is 6. The topological polar surface area (TPSA) is 78.9 Å². The van der Waals surface area contributed by atoms with Gasteiger partial charge in [-0.05, 0) is 70.6 Å². The molecule has 0 rings (SSSR count). The van der Waals surface area contributed by atoms with E-state index in [1.54, 1.807) is 0 Å². The van der Waals surface area contributed by atoms with Gasteiger partial charge in [0.05, 0.1) is 0 Å². The summed E-state index contributed by atoms with van der Waals surface area (Å²) in [6, 6.07) is 0. The quantitative estimate of drug-likeness (QED) is 0.0203. The van der Waals surface area contributed by atoms with Gasteiger partial charge in [-0.2, -0.15) is 0 Å². The van der Waals surface area contributed by atoms with E-state index in [0.29, 0.717) is 25.7 Å². The molecule has 0 amide bonds. The third-order valence-corrected chi connectivity index (χ3v) is 8.82. The Hall–Kier alpha value is -4.97. The number of carbonyl (C=O) groups excluding carboxylic acids is 3. The van der Waals surface area contributed by atoms with E-state index in [2.05, 4.69) is 51.2 Å². The van der Waals surface area contributed by atoms with Crippen molar-refractivity contribution in [2.45, 2.75) is 155 Å². The fourth-order valence-electron chi connectivity index (χ4n) is 5.37. The van der Waals surface area contributed by atoms with Crippen LogP contribution in [0.25, 0.3) is 0 Å².